The molecule has 1 saturated heterocycles. The number of para-hydroxylation sites is 1. The lowest BCUT2D eigenvalue weighted by Gasteiger charge is -2.35. The van der Waals surface area contributed by atoms with E-state index in [2.05, 4.69) is 15.0 Å². The number of nitrogens with zero attached hydrogens (tertiary/aromatic N) is 1. The molecule has 0 spiro atoms. The molecule has 1 atom stereocenters. The van der Waals surface area contributed by atoms with E-state index in [1.54, 1.807) is 6.07 Å². The number of halogens is 3. The number of alkyl halides is 3. The van der Waals surface area contributed by atoms with E-state index in [0.717, 1.165) is 37.1 Å². The summed E-state index contributed by atoms with van der Waals surface area (Å²) in [4.78, 5) is 3.12. The Kier molecular flexibility index (Phi) is 4.98. The minimum atomic E-state index is -4.84. The van der Waals surface area contributed by atoms with Crippen molar-refractivity contribution in [3.63, 3.8) is 0 Å². The minimum absolute atomic E-state index is 0.302. The van der Waals surface area contributed by atoms with Crippen LogP contribution in [0.4, 0.5) is 13.2 Å². The Morgan fingerprint density at radius 1 is 1.17 bits per heavy atom. The van der Waals surface area contributed by atoms with Gasteiger partial charge in [0.05, 0.1) is 6.04 Å². The van der Waals surface area contributed by atoms with Gasteiger partial charge in [0, 0.05) is 36.6 Å². The number of hydrogen-bond acceptors (Lipinski definition) is 5. The van der Waals surface area contributed by atoms with E-state index < -0.39 is 17.9 Å². The molecule has 1 aliphatic heterocycles. The van der Waals surface area contributed by atoms with Crippen molar-refractivity contribution < 1.29 is 23.0 Å². The van der Waals surface area contributed by atoms with Crippen LogP contribution in [0, 0.1) is 0 Å². The third-order valence-corrected chi connectivity index (χ3v) is 4.80. The number of aromatic hydroxyl groups is 1. The molecule has 1 aromatic heterocycles. The van der Waals surface area contributed by atoms with Gasteiger partial charge in [0.25, 0.3) is 0 Å². The zero-order valence-corrected chi connectivity index (χ0v) is 13.5. The maximum absolute atomic E-state index is 12.5. The maximum Gasteiger partial charge on any atom is 0.573 e. The lowest BCUT2D eigenvalue weighted by molar-refractivity contribution is -0.275. The third-order valence-electron chi connectivity index (χ3n) is 3.88. The topological polar surface area (TPSA) is 44.7 Å². The van der Waals surface area contributed by atoms with Crippen LogP contribution < -0.4 is 10.1 Å². The van der Waals surface area contributed by atoms with Crippen molar-refractivity contribution in [2.45, 2.75) is 12.4 Å². The van der Waals surface area contributed by atoms with Crippen molar-refractivity contribution >= 4 is 11.3 Å². The van der Waals surface area contributed by atoms with Crippen LogP contribution in [0.3, 0.4) is 0 Å². The summed E-state index contributed by atoms with van der Waals surface area (Å²) in [6.07, 6.45) is -4.84. The van der Waals surface area contributed by atoms with Crippen molar-refractivity contribution in [3.05, 3.63) is 46.2 Å². The molecule has 0 amide bonds. The van der Waals surface area contributed by atoms with Crippen LogP contribution in [-0.4, -0.2) is 42.5 Å². The molecule has 4 nitrogen and oxygen atoms in total. The Bertz CT molecular complexity index is 670. The lowest BCUT2D eigenvalue weighted by atomic mass is 10.0. The Balaban J connectivity index is 2.00. The first-order valence-corrected chi connectivity index (χ1v) is 8.39. The van der Waals surface area contributed by atoms with Crippen LogP contribution in [-0.2, 0) is 0 Å². The van der Waals surface area contributed by atoms with E-state index in [1.165, 1.54) is 17.4 Å². The molecule has 8 heteroatoms. The molecule has 2 aromatic rings. The molecule has 24 heavy (non-hydrogen) atoms. The fourth-order valence-corrected chi connectivity index (χ4v) is 3.76. The van der Waals surface area contributed by atoms with Crippen LogP contribution in [0.5, 0.6) is 11.5 Å². The number of phenols is 1. The first kappa shape index (κ1) is 17.1. The summed E-state index contributed by atoms with van der Waals surface area (Å²) in [5, 5.41) is 15.6. The van der Waals surface area contributed by atoms with Gasteiger partial charge in [-0.05, 0) is 17.5 Å². The van der Waals surface area contributed by atoms with Crippen molar-refractivity contribution in [2.75, 3.05) is 26.2 Å². The van der Waals surface area contributed by atoms with Gasteiger partial charge in [0.1, 0.15) is 0 Å². The average molecular weight is 358 g/mol. The summed E-state index contributed by atoms with van der Waals surface area (Å²) in [6, 6.07) is 7.75. The summed E-state index contributed by atoms with van der Waals surface area (Å²) in [6.45, 7) is 3.07. The predicted octanol–water partition coefficient (Wildman–Crippen LogP) is 3.35. The molecule has 0 bridgehead atoms. The Morgan fingerprint density at radius 2 is 1.92 bits per heavy atom. The monoisotopic (exact) mass is 358 g/mol. The van der Waals surface area contributed by atoms with Crippen LogP contribution in [0.2, 0.25) is 0 Å². The second kappa shape index (κ2) is 7.00. The van der Waals surface area contributed by atoms with Gasteiger partial charge in [0.15, 0.2) is 11.5 Å². The first-order chi connectivity index (χ1) is 11.5. The summed E-state index contributed by atoms with van der Waals surface area (Å²) >= 11 is 1.51. The molecule has 0 saturated carbocycles. The second-order valence-corrected chi connectivity index (χ2v) is 6.42. The highest BCUT2D eigenvalue weighted by molar-refractivity contribution is 7.10. The number of phenolic OH excluding ortho intramolecular Hbond substituents is 1. The van der Waals surface area contributed by atoms with Crippen LogP contribution in [0.25, 0.3) is 0 Å². The van der Waals surface area contributed by atoms with Gasteiger partial charge in [-0.3, -0.25) is 4.90 Å². The van der Waals surface area contributed by atoms with E-state index in [9.17, 15) is 18.3 Å². The molecular weight excluding hydrogens is 341 g/mol. The number of thiophene rings is 1. The van der Waals surface area contributed by atoms with Crippen molar-refractivity contribution in [3.8, 4) is 11.5 Å². The quantitative estimate of drug-likeness (QED) is 0.880. The van der Waals surface area contributed by atoms with Crippen LogP contribution >= 0.6 is 11.3 Å². The molecule has 1 fully saturated rings. The van der Waals surface area contributed by atoms with Gasteiger partial charge in [-0.25, -0.2) is 0 Å². The van der Waals surface area contributed by atoms with E-state index >= 15 is 0 Å². The summed E-state index contributed by atoms with van der Waals surface area (Å²) in [5.41, 5.74) is 0.418. The second-order valence-electron chi connectivity index (χ2n) is 5.45. The Labute approximate surface area is 141 Å². The summed E-state index contributed by atoms with van der Waals surface area (Å²) < 4.78 is 41.5. The average Bonchev–Trinajstić information content (AvgIpc) is 3.05. The normalized spacial score (nSPS) is 17.6. The molecule has 2 N–H and O–H groups in total. The number of piperazine rings is 1. The fraction of sp³-hybridized carbons (Fsp3) is 0.375. The molecule has 0 unspecified atom stereocenters. The smallest absolute Gasteiger partial charge is 0.504 e. The number of nitrogens with one attached hydrogen (secondary N) is 1. The van der Waals surface area contributed by atoms with E-state index in [4.69, 9.17) is 0 Å². The molecule has 1 aromatic carbocycles. The van der Waals surface area contributed by atoms with Gasteiger partial charge in [0.2, 0.25) is 0 Å². The summed E-state index contributed by atoms with van der Waals surface area (Å²) in [5.74, 6) is -1.04. The fourth-order valence-electron chi connectivity index (χ4n) is 2.88. The van der Waals surface area contributed by atoms with Gasteiger partial charge in [-0.2, -0.15) is 0 Å². The molecule has 1 aliphatic rings. The maximum atomic E-state index is 12.5. The van der Waals surface area contributed by atoms with Gasteiger partial charge >= 0.3 is 6.36 Å². The summed E-state index contributed by atoms with van der Waals surface area (Å²) in [7, 11) is 0. The predicted molar refractivity (Wildman–Crippen MR) is 85.4 cm³/mol. The lowest BCUT2D eigenvalue weighted by Crippen LogP contribution is -2.45. The van der Waals surface area contributed by atoms with Crippen molar-refractivity contribution in [1.82, 2.24) is 10.2 Å². The molecular formula is C16H17F3N2O2S. The van der Waals surface area contributed by atoms with Crippen LogP contribution in [0.1, 0.15) is 16.5 Å². The molecule has 130 valence electrons. The zero-order chi connectivity index (χ0) is 17.2. The minimum Gasteiger partial charge on any atom is -0.504 e. The highest BCUT2D eigenvalue weighted by atomic mass is 32.1. The SMILES string of the molecule is Oc1c(OC(F)(F)F)cccc1[C@@H](c1cccs1)N1CCNCC1. The highest BCUT2D eigenvalue weighted by Gasteiger charge is 2.34. The molecule has 3 rings (SSSR count). The van der Waals surface area contributed by atoms with Gasteiger partial charge < -0.3 is 15.2 Å². The Hall–Kier alpha value is -1.77. The molecule has 0 aliphatic carbocycles. The van der Waals surface area contributed by atoms with Crippen molar-refractivity contribution in [2.24, 2.45) is 0 Å². The van der Waals surface area contributed by atoms with Gasteiger partial charge in [-0.15, -0.1) is 24.5 Å². The Morgan fingerprint density at radius 3 is 2.54 bits per heavy atom. The third kappa shape index (κ3) is 3.82. The standard InChI is InChI=1S/C16H17F3N2O2S/c17-16(18,19)23-12-4-1-3-11(15(12)22)14(13-5-2-10-24-13)21-8-6-20-7-9-21/h1-5,10,14,20,22H,6-9H2/t14-/m0/s1. The van der Waals surface area contributed by atoms with E-state index in [-0.39, 0.29) is 6.04 Å². The molecule has 0 radical (unpaired) electrons. The zero-order valence-electron chi connectivity index (χ0n) is 12.7. The highest BCUT2D eigenvalue weighted by Crippen LogP contribution is 2.42. The van der Waals surface area contributed by atoms with Crippen molar-refractivity contribution in [1.29, 1.82) is 0 Å². The number of hydrogen-bond donors (Lipinski definition) is 2. The van der Waals surface area contributed by atoms with E-state index in [0.29, 0.717) is 5.56 Å². The number of benzene rings is 1. The number of ether oxygens (including phenoxy) is 1. The molecule has 2 heterocycles. The van der Waals surface area contributed by atoms with Crippen LogP contribution in [0.15, 0.2) is 35.7 Å². The van der Waals surface area contributed by atoms with E-state index in [1.807, 2.05) is 17.5 Å². The first-order valence-electron chi connectivity index (χ1n) is 7.51. The van der Waals surface area contributed by atoms with Gasteiger partial charge in [-0.1, -0.05) is 18.2 Å². The number of rotatable bonds is 4. The largest absolute Gasteiger partial charge is 0.573 e.